The van der Waals surface area contributed by atoms with E-state index in [0.717, 1.165) is 32.8 Å². The lowest BCUT2D eigenvalue weighted by molar-refractivity contribution is -0.126. The Labute approximate surface area is 194 Å². The monoisotopic (exact) mass is 495 g/mol. The quantitative estimate of drug-likeness (QED) is 0.318. The van der Waals surface area contributed by atoms with E-state index in [9.17, 15) is 4.79 Å². The first-order valence-corrected chi connectivity index (χ1v) is 11.7. The molecule has 0 aliphatic carbocycles. The Morgan fingerprint density at radius 2 is 1.97 bits per heavy atom. The average Bonchev–Trinajstić information content (AvgIpc) is 3.09. The zero-order chi connectivity index (χ0) is 21.8. The maximum atomic E-state index is 13.0. The normalized spacial score (nSPS) is 17.9. The van der Waals surface area contributed by atoms with Gasteiger partial charge in [-0.25, -0.2) is 0 Å². The fourth-order valence-corrected chi connectivity index (χ4v) is 4.94. The van der Waals surface area contributed by atoms with Crippen LogP contribution in [0.4, 0.5) is 0 Å². The van der Waals surface area contributed by atoms with Crippen molar-refractivity contribution in [2.75, 3.05) is 7.11 Å². The Hall–Kier alpha value is -2.64. The molecule has 1 aliphatic heterocycles. The molecule has 5 nitrogen and oxygen atoms in total. The first-order valence-electron chi connectivity index (χ1n) is 10.00. The lowest BCUT2D eigenvalue weighted by Gasteiger charge is -2.17. The van der Waals surface area contributed by atoms with Crippen LogP contribution in [0.3, 0.4) is 0 Å². The summed E-state index contributed by atoms with van der Waals surface area (Å²) in [6.45, 7) is 2.49. The number of methoxy groups -OCH3 is 1. The predicted molar refractivity (Wildman–Crippen MR) is 132 cm³/mol. The molecule has 1 fully saturated rings. The summed E-state index contributed by atoms with van der Waals surface area (Å²) in [5.74, 6) is 0.788. The Kier molecular flexibility index (Phi) is 6.73. The van der Waals surface area contributed by atoms with Gasteiger partial charge in [0.15, 0.2) is 5.17 Å². The number of nitrogens with zero attached hydrogens (tertiary/aromatic N) is 3. The van der Waals surface area contributed by atoms with Gasteiger partial charge in [-0.2, -0.15) is 5.10 Å². The molecule has 1 saturated heterocycles. The standard InChI is InChI=1S/C24H22BrN3O2S/c1-3-22-23(29)28(15-17-9-6-8-16-7-4-5-10-20(16)17)24(31-22)27-26-14-18-13-19(25)11-12-21(18)30-2/h4-14,22H,3,15H2,1-2H3. The molecule has 7 heteroatoms. The van der Waals surface area contributed by atoms with E-state index < -0.39 is 0 Å². The van der Waals surface area contributed by atoms with Gasteiger partial charge in [0.1, 0.15) is 5.75 Å². The highest BCUT2D eigenvalue weighted by atomic mass is 79.9. The summed E-state index contributed by atoms with van der Waals surface area (Å²) in [6.07, 6.45) is 2.40. The summed E-state index contributed by atoms with van der Waals surface area (Å²) in [4.78, 5) is 14.8. The highest BCUT2D eigenvalue weighted by molar-refractivity contribution is 9.10. The second kappa shape index (κ2) is 9.66. The van der Waals surface area contributed by atoms with E-state index in [1.807, 2.05) is 43.3 Å². The minimum absolute atomic E-state index is 0.0782. The topological polar surface area (TPSA) is 54.3 Å². The van der Waals surface area contributed by atoms with Crippen LogP contribution in [-0.2, 0) is 11.3 Å². The van der Waals surface area contributed by atoms with Crippen LogP contribution in [0.5, 0.6) is 5.75 Å². The molecule has 0 spiro atoms. The molecule has 0 saturated carbocycles. The predicted octanol–water partition coefficient (Wildman–Crippen LogP) is 5.86. The maximum Gasteiger partial charge on any atom is 0.242 e. The van der Waals surface area contributed by atoms with Gasteiger partial charge in [0.25, 0.3) is 0 Å². The summed E-state index contributed by atoms with van der Waals surface area (Å²) < 4.78 is 6.31. The second-order valence-corrected chi connectivity index (χ2v) is 9.18. The molecule has 0 bridgehead atoms. The van der Waals surface area contributed by atoms with Crippen LogP contribution in [0, 0.1) is 0 Å². The molecule has 1 unspecified atom stereocenters. The maximum absolute atomic E-state index is 13.0. The fraction of sp³-hybridized carbons (Fsp3) is 0.208. The van der Waals surface area contributed by atoms with E-state index in [4.69, 9.17) is 4.74 Å². The average molecular weight is 496 g/mol. The summed E-state index contributed by atoms with van der Waals surface area (Å²) in [5, 5.41) is 11.5. The second-order valence-electron chi connectivity index (χ2n) is 7.09. The smallest absolute Gasteiger partial charge is 0.242 e. The van der Waals surface area contributed by atoms with Gasteiger partial charge in [-0.1, -0.05) is 77.1 Å². The summed E-state index contributed by atoms with van der Waals surface area (Å²) in [6, 6.07) is 20.1. The molecular weight excluding hydrogens is 474 g/mol. The lowest BCUT2D eigenvalue weighted by Crippen LogP contribution is -2.31. The van der Waals surface area contributed by atoms with Crippen molar-refractivity contribution < 1.29 is 9.53 Å². The largest absolute Gasteiger partial charge is 0.496 e. The van der Waals surface area contributed by atoms with Crippen LogP contribution in [-0.4, -0.2) is 34.5 Å². The third-order valence-corrected chi connectivity index (χ3v) is 6.96. The molecule has 0 aromatic heterocycles. The number of carbonyl (C=O) groups is 1. The number of thioether (sulfide) groups is 1. The van der Waals surface area contributed by atoms with E-state index in [1.54, 1.807) is 18.2 Å². The molecule has 1 atom stereocenters. The molecule has 1 heterocycles. The van der Waals surface area contributed by atoms with E-state index in [1.165, 1.54) is 11.8 Å². The van der Waals surface area contributed by atoms with Crippen molar-refractivity contribution >= 4 is 55.8 Å². The van der Waals surface area contributed by atoms with Crippen molar-refractivity contribution in [2.24, 2.45) is 10.2 Å². The number of hydrogen-bond acceptors (Lipinski definition) is 5. The summed E-state index contributed by atoms with van der Waals surface area (Å²) >= 11 is 4.94. The first kappa shape index (κ1) is 21.6. The number of fused-ring (bicyclic) bond motifs is 1. The summed E-state index contributed by atoms with van der Waals surface area (Å²) in [5.41, 5.74) is 1.90. The Balaban J connectivity index is 1.64. The SMILES string of the molecule is CCC1SC(=NN=Cc2cc(Br)ccc2OC)N(Cc2cccc3ccccc23)C1=O. The number of amidine groups is 1. The van der Waals surface area contributed by atoms with Gasteiger partial charge in [-0.15, -0.1) is 5.10 Å². The van der Waals surface area contributed by atoms with Gasteiger partial charge in [0.05, 0.1) is 25.1 Å². The van der Waals surface area contributed by atoms with Gasteiger partial charge in [-0.3, -0.25) is 9.69 Å². The highest BCUT2D eigenvalue weighted by Gasteiger charge is 2.37. The van der Waals surface area contributed by atoms with Gasteiger partial charge in [0, 0.05) is 10.0 Å². The van der Waals surface area contributed by atoms with Gasteiger partial charge in [0.2, 0.25) is 5.91 Å². The Morgan fingerprint density at radius 1 is 1.16 bits per heavy atom. The fourth-order valence-electron chi connectivity index (χ4n) is 3.54. The Morgan fingerprint density at radius 3 is 2.77 bits per heavy atom. The zero-order valence-electron chi connectivity index (χ0n) is 17.3. The summed E-state index contributed by atoms with van der Waals surface area (Å²) in [7, 11) is 1.62. The van der Waals surface area contributed by atoms with Gasteiger partial charge < -0.3 is 4.74 Å². The van der Waals surface area contributed by atoms with Gasteiger partial charge >= 0.3 is 0 Å². The van der Waals surface area contributed by atoms with E-state index in [-0.39, 0.29) is 11.2 Å². The lowest BCUT2D eigenvalue weighted by atomic mass is 10.0. The zero-order valence-corrected chi connectivity index (χ0v) is 19.7. The number of benzene rings is 3. The van der Waals surface area contributed by atoms with Crippen molar-refractivity contribution in [1.29, 1.82) is 0 Å². The number of halogens is 1. The molecule has 4 rings (SSSR count). The first-order chi connectivity index (χ1) is 15.1. The number of ether oxygens (including phenoxy) is 1. The van der Waals surface area contributed by atoms with Crippen LogP contribution >= 0.6 is 27.7 Å². The number of carbonyl (C=O) groups excluding carboxylic acids is 1. The molecule has 3 aromatic rings. The van der Waals surface area contributed by atoms with E-state index in [2.05, 4.69) is 50.4 Å². The number of rotatable bonds is 6. The molecule has 1 aliphatic rings. The van der Waals surface area contributed by atoms with Gasteiger partial charge in [-0.05, 0) is 41.0 Å². The van der Waals surface area contributed by atoms with E-state index in [0.29, 0.717) is 17.5 Å². The van der Waals surface area contributed by atoms with Crippen molar-refractivity contribution in [3.05, 3.63) is 76.3 Å². The number of hydrogen-bond donors (Lipinski definition) is 0. The number of amides is 1. The van der Waals surface area contributed by atoms with Crippen LogP contribution < -0.4 is 4.74 Å². The van der Waals surface area contributed by atoms with Crippen LogP contribution in [0.15, 0.2) is 75.3 Å². The molecule has 158 valence electrons. The van der Waals surface area contributed by atoms with Crippen molar-refractivity contribution in [3.63, 3.8) is 0 Å². The minimum atomic E-state index is -0.135. The van der Waals surface area contributed by atoms with Crippen LogP contribution in [0.25, 0.3) is 10.8 Å². The van der Waals surface area contributed by atoms with E-state index >= 15 is 0 Å². The molecule has 0 radical (unpaired) electrons. The van der Waals surface area contributed by atoms with Crippen molar-refractivity contribution in [2.45, 2.75) is 25.1 Å². The van der Waals surface area contributed by atoms with Crippen molar-refractivity contribution in [1.82, 2.24) is 4.90 Å². The van der Waals surface area contributed by atoms with Crippen LogP contribution in [0.1, 0.15) is 24.5 Å². The molecule has 31 heavy (non-hydrogen) atoms. The minimum Gasteiger partial charge on any atom is -0.496 e. The highest BCUT2D eigenvalue weighted by Crippen LogP contribution is 2.32. The Bertz CT molecular complexity index is 1170. The van der Waals surface area contributed by atoms with Crippen molar-refractivity contribution in [3.8, 4) is 5.75 Å². The molecule has 3 aromatic carbocycles. The molecule has 0 N–H and O–H groups in total. The third-order valence-electron chi connectivity index (χ3n) is 5.13. The molecular formula is C24H22BrN3O2S. The molecule has 1 amide bonds. The van der Waals surface area contributed by atoms with Crippen LogP contribution in [0.2, 0.25) is 0 Å². The third kappa shape index (κ3) is 4.67.